The number of hydrogen-bond acceptors (Lipinski definition) is 5. The molecule has 0 unspecified atom stereocenters. The molecule has 26 heavy (non-hydrogen) atoms. The molecule has 1 aliphatic rings. The molecule has 0 bridgehead atoms. The molecule has 2 N–H and O–H groups in total. The van der Waals surface area contributed by atoms with E-state index in [1.807, 2.05) is 11.5 Å². The molecule has 1 heterocycles. The third kappa shape index (κ3) is 6.73. The van der Waals surface area contributed by atoms with Crippen LogP contribution in [0.2, 0.25) is 0 Å². The molecule has 1 aromatic heterocycles. The highest BCUT2D eigenvalue weighted by molar-refractivity contribution is 14.0. The fourth-order valence-electron chi connectivity index (χ4n) is 3.16. The minimum Gasteiger partial charge on any atom is -0.466 e. The monoisotopic (exact) mass is 478 g/mol. The maximum Gasteiger partial charge on any atom is 0.308 e. The average Bonchev–Trinajstić information content (AvgIpc) is 3.09. The van der Waals surface area contributed by atoms with Crippen LogP contribution in [0.5, 0.6) is 0 Å². The number of aliphatic imine (C=N–C) groups is 1. The van der Waals surface area contributed by atoms with Crippen molar-refractivity contribution >= 4 is 35.9 Å². The van der Waals surface area contributed by atoms with E-state index in [2.05, 4.69) is 32.7 Å². The predicted molar refractivity (Wildman–Crippen MR) is 112 cm³/mol. The highest BCUT2D eigenvalue weighted by Gasteiger charge is 2.27. The fraction of sp³-hybridized carbons (Fsp3) is 0.765. The molecular weight excluding hydrogens is 447 g/mol. The SMILES string of the molecule is CCOC(=O)C1CCC(NC(=NC)NCCn2cnnc2CC)CC1.I. The topological polar surface area (TPSA) is 93.4 Å². The van der Waals surface area contributed by atoms with Crippen molar-refractivity contribution in [2.75, 3.05) is 20.2 Å². The van der Waals surface area contributed by atoms with Crippen molar-refractivity contribution in [3.05, 3.63) is 12.2 Å². The van der Waals surface area contributed by atoms with E-state index >= 15 is 0 Å². The summed E-state index contributed by atoms with van der Waals surface area (Å²) in [6.07, 6.45) is 6.28. The predicted octanol–water partition coefficient (Wildman–Crippen LogP) is 1.75. The van der Waals surface area contributed by atoms with Crippen LogP contribution in [0.15, 0.2) is 11.3 Å². The standard InChI is InChI=1S/C17H30N6O2.HI/c1-4-15-22-20-12-23(15)11-10-19-17(18-3)21-14-8-6-13(7-9-14)16(24)25-5-2;/h12-14H,4-11H2,1-3H3,(H2,18,19,21);1H. The fourth-order valence-corrected chi connectivity index (χ4v) is 3.16. The van der Waals surface area contributed by atoms with Crippen molar-refractivity contribution in [2.24, 2.45) is 10.9 Å². The lowest BCUT2D eigenvalue weighted by atomic mass is 9.86. The van der Waals surface area contributed by atoms with Crippen molar-refractivity contribution in [2.45, 2.75) is 58.5 Å². The first-order valence-corrected chi connectivity index (χ1v) is 9.18. The number of carbonyl (C=O) groups excluding carboxylic acids is 1. The van der Waals surface area contributed by atoms with E-state index in [1.165, 1.54) is 0 Å². The van der Waals surface area contributed by atoms with Crippen LogP contribution in [0.1, 0.15) is 45.4 Å². The summed E-state index contributed by atoms with van der Waals surface area (Å²) in [5.41, 5.74) is 0. The Bertz CT molecular complexity index is 569. The maximum atomic E-state index is 11.8. The van der Waals surface area contributed by atoms with Gasteiger partial charge in [-0.05, 0) is 32.6 Å². The first kappa shape index (κ1) is 22.7. The molecule has 1 aromatic rings. The zero-order chi connectivity index (χ0) is 18.1. The van der Waals surface area contributed by atoms with E-state index in [0.29, 0.717) is 12.6 Å². The van der Waals surface area contributed by atoms with Gasteiger partial charge in [-0.15, -0.1) is 34.2 Å². The molecule has 0 spiro atoms. The average molecular weight is 478 g/mol. The van der Waals surface area contributed by atoms with E-state index in [-0.39, 0.29) is 35.9 Å². The van der Waals surface area contributed by atoms with Crippen LogP contribution < -0.4 is 10.6 Å². The molecular formula is C17H31IN6O2. The molecule has 1 aliphatic carbocycles. The first-order valence-electron chi connectivity index (χ1n) is 9.18. The highest BCUT2D eigenvalue weighted by atomic mass is 127. The Morgan fingerprint density at radius 3 is 2.69 bits per heavy atom. The number of guanidine groups is 1. The van der Waals surface area contributed by atoms with Crippen molar-refractivity contribution in [3.63, 3.8) is 0 Å². The van der Waals surface area contributed by atoms with E-state index in [9.17, 15) is 4.79 Å². The van der Waals surface area contributed by atoms with Gasteiger partial charge in [0.15, 0.2) is 5.96 Å². The van der Waals surface area contributed by atoms with Crippen molar-refractivity contribution < 1.29 is 9.53 Å². The number of nitrogens with one attached hydrogen (secondary N) is 2. The molecule has 9 heteroatoms. The summed E-state index contributed by atoms with van der Waals surface area (Å²) in [5, 5.41) is 14.8. The van der Waals surface area contributed by atoms with Gasteiger partial charge in [-0.3, -0.25) is 9.79 Å². The lowest BCUT2D eigenvalue weighted by molar-refractivity contribution is -0.149. The Kier molecular flexibility index (Phi) is 10.5. The van der Waals surface area contributed by atoms with Crippen molar-refractivity contribution in [3.8, 4) is 0 Å². The summed E-state index contributed by atoms with van der Waals surface area (Å²) in [5.74, 6) is 1.78. The van der Waals surface area contributed by atoms with E-state index < -0.39 is 0 Å². The normalized spacial score (nSPS) is 20.2. The van der Waals surface area contributed by atoms with Gasteiger partial charge in [-0.2, -0.15) is 0 Å². The summed E-state index contributed by atoms with van der Waals surface area (Å²) in [6, 6.07) is 0.345. The molecule has 0 amide bonds. The van der Waals surface area contributed by atoms with E-state index in [0.717, 1.165) is 57.0 Å². The molecule has 0 radical (unpaired) electrons. The summed E-state index contributed by atoms with van der Waals surface area (Å²) in [6.45, 7) is 5.93. The van der Waals surface area contributed by atoms with Gasteiger partial charge >= 0.3 is 5.97 Å². The number of aromatic nitrogens is 3. The lowest BCUT2D eigenvalue weighted by Gasteiger charge is -2.29. The molecule has 0 saturated heterocycles. The van der Waals surface area contributed by atoms with Gasteiger partial charge in [0.05, 0.1) is 12.5 Å². The molecule has 2 rings (SSSR count). The van der Waals surface area contributed by atoms with Crippen LogP contribution in [0.4, 0.5) is 0 Å². The summed E-state index contributed by atoms with van der Waals surface area (Å²) in [4.78, 5) is 16.1. The molecule has 0 atom stereocenters. The second-order valence-corrected chi connectivity index (χ2v) is 6.24. The van der Waals surface area contributed by atoms with E-state index in [1.54, 1.807) is 13.4 Å². The van der Waals surface area contributed by atoms with Crippen LogP contribution >= 0.6 is 24.0 Å². The van der Waals surface area contributed by atoms with Crippen LogP contribution in [-0.4, -0.2) is 52.9 Å². The van der Waals surface area contributed by atoms with Gasteiger partial charge in [0.2, 0.25) is 0 Å². The molecule has 148 valence electrons. The third-order valence-corrected chi connectivity index (χ3v) is 4.57. The Labute approximate surface area is 172 Å². The smallest absolute Gasteiger partial charge is 0.308 e. The van der Waals surface area contributed by atoms with Gasteiger partial charge in [0.1, 0.15) is 12.2 Å². The van der Waals surface area contributed by atoms with Crippen molar-refractivity contribution in [1.29, 1.82) is 0 Å². The number of carbonyl (C=O) groups is 1. The second-order valence-electron chi connectivity index (χ2n) is 6.24. The van der Waals surface area contributed by atoms with Crippen molar-refractivity contribution in [1.82, 2.24) is 25.4 Å². The molecule has 1 saturated carbocycles. The van der Waals surface area contributed by atoms with Crippen LogP contribution in [0, 0.1) is 5.92 Å². The Morgan fingerprint density at radius 1 is 1.35 bits per heavy atom. The number of aryl methyl sites for hydroxylation is 1. The number of halogens is 1. The zero-order valence-electron chi connectivity index (χ0n) is 15.9. The number of nitrogens with zero attached hydrogens (tertiary/aromatic N) is 4. The van der Waals surface area contributed by atoms with E-state index in [4.69, 9.17) is 4.74 Å². The van der Waals surface area contributed by atoms with Crippen LogP contribution in [-0.2, 0) is 22.5 Å². The maximum absolute atomic E-state index is 11.8. The summed E-state index contributed by atoms with van der Waals surface area (Å²) < 4.78 is 7.16. The third-order valence-electron chi connectivity index (χ3n) is 4.57. The number of rotatable bonds is 7. The summed E-state index contributed by atoms with van der Waals surface area (Å²) in [7, 11) is 1.77. The zero-order valence-corrected chi connectivity index (χ0v) is 18.2. The van der Waals surface area contributed by atoms with Crippen LogP contribution in [0.3, 0.4) is 0 Å². The molecule has 0 aromatic carbocycles. The number of ether oxygens (including phenoxy) is 1. The molecule has 8 nitrogen and oxygen atoms in total. The summed E-state index contributed by atoms with van der Waals surface area (Å²) >= 11 is 0. The van der Waals surface area contributed by atoms with Gasteiger partial charge < -0.3 is 19.9 Å². The highest BCUT2D eigenvalue weighted by Crippen LogP contribution is 2.25. The van der Waals surface area contributed by atoms with Gasteiger partial charge in [0.25, 0.3) is 0 Å². The van der Waals surface area contributed by atoms with Gasteiger partial charge in [0, 0.05) is 32.6 Å². The van der Waals surface area contributed by atoms with Crippen LogP contribution in [0.25, 0.3) is 0 Å². The minimum atomic E-state index is -0.0517. The number of hydrogen-bond donors (Lipinski definition) is 2. The largest absolute Gasteiger partial charge is 0.466 e. The Hall–Kier alpha value is -1.39. The lowest BCUT2D eigenvalue weighted by Crippen LogP contribution is -2.46. The number of esters is 1. The Morgan fingerprint density at radius 2 is 2.08 bits per heavy atom. The minimum absolute atomic E-state index is 0. The molecule has 1 fully saturated rings. The Balaban J connectivity index is 0.00000338. The van der Waals surface area contributed by atoms with Gasteiger partial charge in [-0.1, -0.05) is 6.92 Å². The first-order chi connectivity index (χ1) is 12.2. The molecule has 0 aliphatic heterocycles. The quantitative estimate of drug-likeness (QED) is 0.269. The van der Waals surface area contributed by atoms with Gasteiger partial charge in [-0.25, -0.2) is 0 Å². The second kappa shape index (κ2) is 12.1.